The average molecular weight is 409 g/mol. The van der Waals surface area contributed by atoms with Gasteiger partial charge in [0.1, 0.15) is 0 Å². The van der Waals surface area contributed by atoms with Crippen LogP contribution in [0.1, 0.15) is 20.7 Å². The molecule has 1 amide bonds. The van der Waals surface area contributed by atoms with E-state index in [0.29, 0.717) is 0 Å². The Balaban J connectivity index is 2.37. The number of methoxy groups -OCH3 is 1. The molecule has 0 unspecified atom stereocenters. The third kappa shape index (κ3) is 3.87. The highest BCUT2D eigenvalue weighted by atomic mass is 35.5. The molecule has 0 aliphatic heterocycles. The maximum atomic E-state index is 12.3. The minimum absolute atomic E-state index is 0.0407. The van der Waals surface area contributed by atoms with E-state index in [1.54, 1.807) is 0 Å². The van der Waals surface area contributed by atoms with Crippen molar-refractivity contribution in [3.05, 3.63) is 55.5 Å². The number of carboxylic acid groups (broad SMARTS) is 1. The summed E-state index contributed by atoms with van der Waals surface area (Å²) in [4.78, 5) is 23.4. The van der Waals surface area contributed by atoms with Crippen molar-refractivity contribution in [2.45, 2.75) is 0 Å². The number of rotatable bonds is 4. The summed E-state index contributed by atoms with van der Waals surface area (Å²) in [6.45, 7) is 0. The highest BCUT2D eigenvalue weighted by Crippen LogP contribution is 2.34. The van der Waals surface area contributed by atoms with Crippen molar-refractivity contribution in [2.75, 3.05) is 12.4 Å². The molecule has 0 aliphatic rings. The maximum Gasteiger partial charge on any atom is 0.337 e. The number of benzene rings is 2. The van der Waals surface area contributed by atoms with Gasteiger partial charge in [-0.15, -0.1) is 0 Å². The standard InChI is InChI=1S/C15H9Cl4NO4/c1-24-13-10(18)2-6(3-11(13)19)14(21)20-12-4-7(15(22)23)8(16)5-9(12)17/h2-5H,1H3,(H,20,21)(H,22,23). The van der Waals surface area contributed by atoms with Crippen molar-refractivity contribution >= 4 is 64.0 Å². The van der Waals surface area contributed by atoms with Gasteiger partial charge >= 0.3 is 5.97 Å². The second-order valence-electron chi connectivity index (χ2n) is 4.54. The molecule has 0 radical (unpaired) electrons. The minimum atomic E-state index is -1.25. The van der Waals surface area contributed by atoms with Gasteiger partial charge in [0.15, 0.2) is 5.75 Å². The first kappa shape index (κ1) is 18.7. The first-order valence-electron chi connectivity index (χ1n) is 6.31. The predicted molar refractivity (Wildman–Crippen MR) is 94.4 cm³/mol. The third-order valence-corrected chi connectivity index (χ3v) is 4.19. The van der Waals surface area contributed by atoms with Crippen molar-refractivity contribution in [3.8, 4) is 5.75 Å². The largest absolute Gasteiger partial charge is 0.494 e. The summed E-state index contributed by atoms with van der Waals surface area (Å²) in [6.07, 6.45) is 0. The van der Waals surface area contributed by atoms with E-state index in [-0.39, 0.29) is 42.7 Å². The van der Waals surface area contributed by atoms with Crippen molar-refractivity contribution in [3.63, 3.8) is 0 Å². The summed E-state index contributed by atoms with van der Waals surface area (Å²) in [5, 5.41) is 11.9. The zero-order valence-corrected chi connectivity index (χ0v) is 15.0. The van der Waals surface area contributed by atoms with Crippen LogP contribution in [0, 0.1) is 0 Å². The molecular formula is C15H9Cl4NO4. The Kier molecular flexibility index (Phi) is 5.83. The quantitative estimate of drug-likeness (QED) is 0.723. The second-order valence-corrected chi connectivity index (χ2v) is 6.17. The molecule has 126 valence electrons. The Morgan fingerprint density at radius 1 is 0.958 bits per heavy atom. The van der Waals surface area contributed by atoms with Crippen LogP contribution in [-0.2, 0) is 0 Å². The fraction of sp³-hybridized carbons (Fsp3) is 0.0667. The zero-order chi connectivity index (χ0) is 18.0. The SMILES string of the molecule is COc1c(Cl)cc(C(=O)Nc2cc(C(=O)O)c(Cl)cc2Cl)cc1Cl. The molecule has 0 saturated carbocycles. The normalized spacial score (nSPS) is 10.4. The molecule has 0 aliphatic carbocycles. The summed E-state index contributed by atoms with van der Waals surface area (Å²) in [5.74, 6) is -1.59. The molecule has 2 aromatic carbocycles. The zero-order valence-electron chi connectivity index (χ0n) is 12.0. The van der Waals surface area contributed by atoms with Crippen molar-refractivity contribution < 1.29 is 19.4 Å². The van der Waals surface area contributed by atoms with Gasteiger partial charge in [-0.05, 0) is 24.3 Å². The molecule has 9 heteroatoms. The van der Waals surface area contributed by atoms with Crippen molar-refractivity contribution in [2.24, 2.45) is 0 Å². The van der Waals surface area contributed by atoms with E-state index < -0.39 is 11.9 Å². The van der Waals surface area contributed by atoms with Gasteiger partial charge in [-0.25, -0.2) is 4.79 Å². The molecule has 2 rings (SSSR count). The van der Waals surface area contributed by atoms with Crippen LogP contribution < -0.4 is 10.1 Å². The van der Waals surface area contributed by atoms with E-state index in [9.17, 15) is 9.59 Å². The molecule has 0 heterocycles. The first-order chi connectivity index (χ1) is 11.2. The molecule has 0 spiro atoms. The molecule has 2 N–H and O–H groups in total. The van der Waals surface area contributed by atoms with Crippen LogP contribution in [0.2, 0.25) is 20.1 Å². The summed E-state index contributed by atoms with van der Waals surface area (Å²) in [6, 6.07) is 5.13. The molecule has 0 bridgehead atoms. The number of amides is 1. The Labute approximate surface area is 157 Å². The first-order valence-corrected chi connectivity index (χ1v) is 7.82. The van der Waals surface area contributed by atoms with E-state index in [1.165, 1.54) is 25.3 Å². The predicted octanol–water partition coefficient (Wildman–Crippen LogP) is 5.26. The molecule has 24 heavy (non-hydrogen) atoms. The van der Waals surface area contributed by atoms with E-state index in [1.807, 2.05) is 0 Å². The number of carboxylic acids is 1. The summed E-state index contributed by atoms with van der Waals surface area (Å²) in [5.41, 5.74) is 0.0439. The van der Waals surface area contributed by atoms with Gasteiger partial charge in [0.25, 0.3) is 5.91 Å². The molecule has 5 nitrogen and oxygen atoms in total. The lowest BCUT2D eigenvalue weighted by Crippen LogP contribution is -2.13. The van der Waals surface area contributed by atoms with Crippen molar-refractivity contribution in [1.82, 2.24) is 0 Å². The smallest absolute Gasteiger partial charge is 0.337 e. The lowest BCUT2D eigenvalue weighted by atomic mass is 10.1. The average Bonchev–Trinajstić information content (AvgIpc) is 2.49. The van der Waals surface area contributed by atoms with Gasteiger partial charge in [-0.1, -0.05) is 46.4 Å². The Morgan fingerprint density at radius 2 is 1.54 bits per heavy atom. The van der Waals surface area contributed by atoms with Crippen LogP contribution in [0.4, 0.5) is 5.69 Å². The third-order valence-electron chi connectivity index (χ3n) is 3.00. The van der Waals surface area contributed by atoms with Gasteiger partial charge < -0.3 is 15.2 Å². The number of carbonyl (C=O) groups excluding carboxylic acids is 1. The Hall–Kier alpha value is -1.66. The summed E-state index contributed by atoms with van der Waals surface area (Å²) < 4.78 is 5.01. The van der Waals surface area contributed by atoms with Gasteiger partial charge in [0, 0.05) is 5.56 Å². The number of hydrogen-bond donors (Lipinski definition) is 2. The van der Waals surface area contributed by atoms with E-state index in [0.717, 1.165) is 6.07 Å². The highest BCUT2D eigenvalue weighted by molar-refractivity contribution is 6.39. The Morgan fingerprint density at radius 3 is 2.04 bits per heavy atom. The van der Waals surface area contributed by atoms with E-state index >= 15 is 0 Å². The fourth-order valence-electron chi connectivity index (χ4n) is 1.89. The lowest BCUT2D eigenvalue weighted by Gasteiger charge is -2.11. The van der Waals surface area contributed by atoms with Gasteiger partial charge in [0.2, 0.25) is 0 Å². The van der Waals surface area contributed by atoms with Crippen LogP contribution >= 0.6 is 46.4 Å². The number of anilines is 1. The maximum absolute atomic E-state index is 12.3. The van der Waals surface area contributed by atoms with E-state index in [4.69, 9.17) is 56.2 Å². The summed E-state index contributed by atoms with van der Waals surface area (Å²) >= 11 is 23.8. The van der Waals surface area contributed by atoms with Crippen LogP contribution in [0.5, 0.6) is 5.75 Å². The highest BCUT2D eigenvalue weighted by Gasteiger charge is 2.17. The molecule has 2 aromatic rings. The van der Waals surface area contributed by atoms with Gasteiger partial charge in [0.05, 0.1) is 38.5 Å². The van der Waals surface area contributed by atoms with Crippen LogP contribution in [0.3, 0.4) is 0 Å². The lowest BCUT2D eigenvalue weighted by molar-refractivity contribution is 0.0696. The van der Waals surface area contributed by atoms with E-state index in [2.05, 4.69) is 5.32 Å². The van der Waals surface area contributed by atoms with Crippen LogP contribution in [0.15, 0.2) is 24.3 Å². The van der Waals surface area contributed by atoms with Crippen LogP contribution in [0.25, 0.3) is 0 Å². The number of carbonyl (C=O) groups is 2. The number of hydrogen-bond acceptors (Lipinski definition) is 3. The van der Waals surface area contributed by atoms with Crippen molar-refractivity contribution in [1.29, 1.82) is 0 Å². The van der Waals surface area contributed by atoms with Crippen LogP contribution in [-0.4, -0.2) is 24.1 Å². The number of ether oxygens (including phenoxy) is 1. The number of aromatic carboxylic acids is 1. The molecule has 0 aromatic heterocycles. The van der Waals surface area contributed by atoms with Gasteiger partial charge in [-0.2, -0.15) is 0 Å². The van der Waals surface area contributed by atoms with Gasteiger partial charge in [-0.3, -0.25) is 4.79 Å². The molecule has 0 saturated heterocycles. The molecule has 0 fully saturated rings. The fourth-order valence-corrected chi connectivity index (χ4v) is 3.04. The second kappa shape index (κ2) is 7.49. The Bertz CT molecular complexity index is 815. The monoisotopic (exact) mass is 407 g/mol. The number of nitrogens with one attached hydrogen (secondary N) is 1. The minimum Gasteiger partial charge on any atom is -0.494 e. The molecule has 0 atom stereocenters. The topological polar surface area (TPSA) is 75.6 Å². The number of halogens is 4. The molecular weight excluding hydrogens is 400 g/mol. The summed E-state index contributed by atoms with van der Waals surface area (Å²) in [7, 11) is 1.40.